The number of nitrogens with zero attached hydrogens (tertiary/aromatic N) is 1. The van der Waals surface area contributed by atoms with E-state index in [1.165, 1.54) is 0 Å². The smallest absolute Gasteiger partial charge is 0.254 e. The molecular formula is C16H24N2O2. The fourth-order valence-corrected chi connectivity index (χ4v) is 2.77. The number of piperidine rings is 1. The molecule has 1 atom stereocenters. The van der Waals surface area contributed by atoms with Crippen molar-refractivity contribution in [1.82, 2.24) is 10.2 Å². The number of carbonyl (C=O) groups excluding carboxylic acids is 1. The summed E-state index contributed by atoms with van der Waals surface area (Å²) >= 11 is 0. The fraction of sp³-hybridized carbons (Fsp3) is 0.562. The van der Waals surface area contributed by atoms with Crippen LogP contribution in [0.4, 0.5) is 0 Å². The third-order valence-electron chi connectivity index (χ3n) is 3.85. The maximum Gasteiger partial charge on any atom is 0.254 e. The molecule has 2 N–H and O–H groups in total. The van der Waals surface area contributed by atoms with E-state index in [9.17, 15) is 9.90 Å². The molecule has 110 valence electrons. The van der Waals surface area contributed by atoms with E-state index in [0.29, 0.717) is 6.54 Å². The minimum absolute atomic E-state index is 0.0386. The standard InChI is InChI=1S/C16H24N2O2/c1-16(20)9-5-11-18(12-16)15(19)14-7-4-3-6-13(14)8-10-17-2/h3-4,6-7,17,20H,5,8-12H2,1-2H3. The highest BCUT2D eigenvalue weighted by molar-refractivity contribution is 5.95. The molecule has 1 aromatic carbocycles. The van der Waals surface area contributed by atoms with Crippen molar-refractivity contribution >= 4 is 5.91 Å². The van der Waals surface area contributed by atoms with Crippen molar-refractivity contribution in [3.8, 4) is 0 Å². The van der Waals surface area contributed by atoms with Gasteiger partial charge in [0.25, 0.3) is 5.91 Å². The van der Waals surface area contributed by atoms with Crippen molar-refractivity contribution in [2.24, 2.45) is 0 Å². The average molecular weight is 276 g/mol. The number of amides is 1. The first kappa shape index (κ1) is 15.0. The second-order valence-corrected chi connectivity index (χ2v) is 5.84. The number of hydrogen-bond acceptors (Lipinski definition) is 3. The zero-order chi connectivity index (χ0) is 14.6. The summed E-state index contributed by atoms with van der Waals surface area (Å²) in [5.41, 5.74) is 1.07. The molecule has 0 aliphatic carbocycles. The lowest BCUT2D eigenvalue weighted by Gasteiger charge is -2.37. The zero-order valence-corrected chi connectivity index (χ0v) is 12.4. The van der Waals surface area contributed by atoms with Crippen molar-refractivity contribution in [1.29, 1.82) is 0 Å². The topological polar surface area (TPSA) is 52.6 Å². The van der Waals surface area contributed by atoms with Crippen molar-refractivity contribution in [2.45, 2.75) is 31.8 Å². The van der Waals surface area contributed by atoms with Gasteiger partial charge in [-0.15, -0.1) is 0 Å². The Balaban J connectivity index is 2.16. The first-order chi connectivity index (χ1) is 9.53. The van der Waals surface area contributed by atoms with Gasteiger partial charge < -0.3 is 15.3 Å². The summed E-state index contributed by atoms with van der Waals surface area (Å²) in [6, 6.07) is 7.76. The van der Waals surface area contributed by atoms with Gasteiger partial charge >= 0.3 is 0 Å². The summed E-state index contributed by atoms with van der Waals surface area (Å²) in [5.74, 6) is 0.0386. The molecule has 0 aromatic heterocycles. The highest BCUT2D eigenvalue weighted by Crippen LogP contribution is 2.23. The van der Waals surface area contributed by atoms with Crippen molar-refractivity contribution in [3.05, 3.63) is 35.4 Å². The number of benzene rings is 1. The summed E-state index contributed by atoms with van der Waals surface area (Å²) in [6.07, 6.45) is 2.46. The Kier molecular flexibility index (Phi) is 4.78. The van der Waals surface area contributed by atoms with Gasteiger partial charge in [0.1, 0.15) is 0 Å². The predicted octanol–water partition coefficient (Wildman–Crippen LogP) is 1.44. The van der Waals surface area contributed by atoms with Crippen LogP contribution in [0.15, 0.2) is 24.3 Å². The summed E-state index contributed by atoms with van der Waals surface area (Å²) in [7, 11) is 1.91. The van der Waals surface area contributed by atoms with E-state index < -0.39 is 5.60 Å². The molecular weight excluding hydrogens is 252 g/mol. The first-order valence-corrected chi connectivity index (χ1v) is 7.28. The molecule has 0 bridgehead atoms. The van der Waals surface area contributed by atoms with Crippen LogP contribution in [0, 0.1) is 0 Å². The van der Waals surface area contributed by atoms with Gasteiger partial charge in [-0.2, -0.15) is 0 Å². The molecule has 1 unspecified atom stereocenters. The van der Waals surface area contributed by atoms with Gasteiger partial charge in [0.15, 0.2) is 0 Å². The monoisotopic (exact) mass is 276 g/mol. The molecule has 1 heterocycles. The summed E-state index contributed by atoms with van der Waals surface area (Å²) in [6.45, 7) is 3.81. The number of likely N-dealkylation sites (tertiary alicyclic amines) is 1. The second-order valence-electron chi connectivity index (χ2n) is 5.84. The minimum atomic E-state index is -0.756. The number of rotatable bonds is 4. The summed E-state index contributed by atoms with van der Waals surface area (Å²) in [5, 5.41) is 13.3. The molecule has 1 saturated heterocycles. The Labute approximate surface area is 120 Å². The highest BCUT2D eigenvalue weighted by Gasteiger charge is 2.31. The lowest BCUT2D eigenvalue weighted by Crippen LogP contribution is -2.48. The molecule has 1 aliphatic heterocycles. The molecule has 0 radical (unpaired) electrons. The van der Waals surface area contributed by atoms with Crippen molar-refractivity contribution in [2.75, 3.05) is 26.7 Å². The Bertz CT molecular complexity index is 471. The van der Waals surface area contributed by atoms with Crippen LogP contribution in [0.5, 0.6) is 0 Å². The number of hydrogen-bond donors (Lipinski definition) is 2. The number of likely N-dealkylation sites (N-methyl/N-ethyl adjacent to an activating group) is 1. The quantitative estimate of drug-likeness (QED) is 0.875. The van der Waals surface area contributed by atoms with Gasteiger partial charge in [-0.3, -0.25) is 4.79 Å². The Morgan fingerprint density at radius 1 is 1.45 bits per heavy atom. The largest absolute Gasteiger partial charge is 0.388 e. The van der Waals surface area contributed by atoms with Crippen LogP contribution in [0.1, 0.15) is 35.7 Å². The Hall–Kier alpha value is -1.39. The SMILES string of the molecule is CNCCc1ccccc1C(=O)N1CCCC(C)(O)C1. The maximum atomic E-state index is 12.7. The van der Waals surface area contributed by atoms with E-state index in [0.717, 1.165) is 43.5 Å². The number of aliphatic hydroxyl groups is 1. The van der Waals surface area contributed by atoms with Gasteiger partial charge in [-0.05, 0) is 51.4 Å². The summed E-state index contributed by atoms with van der Waals surface area (Å²) in [4.78, 5) is 14.4. The number of carbonyl (C=O) groups is 1. The average Bonchev–Trinajstić information content (AvgIpc) is 2.43. The van der Waals surface area contributed by atoms with Crippen LogP contribution < -0.4 is 5.32 Å². The van der Waals surface area contributed by atoms with Crippen LogP contribution in [-0.2, 0) is 6.42 Å². The van der Waals surface area contributed by atoms with E-state index in [-0.39, 0.29) is 5.91 Å². The Morgan fingerprint density at radius 2 is 2.20 bits per heavy atom. The predicted molar refractivity (Wildman–Crippen MR) is 79.8 cm³/mol. The molecule has 0 spiro atoms. The molecule has 2 rings (SSSR count). The van der Waals surface area contributed by atoms with E-state index in [2.05, 4.69) is 5.32 Å². The Morgan fingerprint density at radius 3 is 2.90 bits per heavy atom. The molecule has 1 aliphatic rings. The van der Waals surface area contributed by atoms with Crippen LogP contribution in [0.3, 0.4) is 0 Å². The van der Waals surface area contributed by atoms with E-state index in [1.807, 2.05) is 31.3 Å². The van der Waals surface area contributed by atoms with E-state index in [4.69, 9.17) is 0 Å². The molecule has 20 heavy (non-hydrogen) atoms. The fourth-order valence-electron chi connectivity index (χ4n) is 2.77. The van der Waals surface area contributed by atoms with Crippen molar-refractivity contribution in [3.63, 3.8) is 0 Å². The normalized spacial score (nSPS) is 22.9. The van der Waals surface area contributed by atoms with E-state index in [1.54, 1.807) is 11.8 Å². The maximum absolute atomic E-state index is 12.7. The van der Waals surface area contributed by atoms with Gasteiger partial charge in [0.2, 0.25) is 0 Å². The summed E-state index contributed by atoms with van der Waals surface area (Å²) < 4.78 is 0. The molecule has 1 amide bonds. The minimum Gasteiger partial charge on any atom is -0.388 e. The van der Waals surface area contributed by atoms with Crippen LogP contribution in [0.25, 0.3) is 0 Å². The molecule has 4 heteroatoms. The van der Waals surface area contributed by atoms with Gasteiger partial charge in [-0.25, -0.2) is 0 Å². The van der Waals surface area contributed by atoms with Gasteiger partial charge in [0.05, 0.1) is 5.60 Å². The van der Waals surface area contributed by atoms with Crippen molar-refractivity contribution < 1.29 is 9.90 Å². The van der Waals surface area contributed by atoms with Crippen LogP contribution in [0.2, 0.25) is 0 Å². The lowest BCUT2D eigenvalue weighted by molar-refractivity contribution is -0.0107. The first-order valence-electron chi connectivity index (χ1n) is 7.28. The second kappa shape index (κ2) is 6.37. The van der Waals surface area contributed by atoms with Crippen LogP contribution in [-0.4, -0.2) is 48.2 Å². The highest BCUT2D eigenvalue weighted by atomic mass is 16.3. The van der Waals surface area contributed by atoms with Gasteiger partial charge in [-0.1, -0.05) is 18.2 Å². The van der Waals surface area contributed by atoms with E-state index >= 15 is 0 Å². The molecule has 0 saturated carbocycles. The lowest BCUT2D eigenvalue weighted by atomic mass is 9.94. The third-order valence-corrected chi connectivity index (χ3v) is 3.85. The van der Waals surface area contributed by atoms with Gasteiger partial charge in [0, 0.05) is 18.7 Å². The number of β-amino-alcohol motifs (C(OH)–C–C–N with tert-alkyl or cyclic N) is 1. The molecule has 1 aromatic rings. The molecule has 1 fully saturated rings. The third kappa shape index (κ3) is 3.58. The number of nitrogens with one attached hydrogen (secondary N) is 1. The zero-order valence-electron chi connectivity index (χ0n) is 12.4. The van der Waals surface area contributed by atoms with Crippen LogP contribution >= 0.6 is 0 Å². The molecule has 4 nitrogen and oxygen atoms in total.